The van der Waals surface area contributed by atoms with E-state index in [1.807, 2.05) is 61.2 Å². The van der Waals surface area contributed by atoms with E-state index < -0.39 is 6.04 Å². The molecule has 2 amide bonds. The first kappa shape index (κ1) is 22.4. The van der Waals surface area contributed by atoms with Gasteiger partial charge in [0.25, 0.3) is 5.91 Å². The number of carbonyl (C=O) groups is 2. The molecule has 0 saturated carbocycles. The van der Waals surface area contributed by atoms with E-state index in [1.165, 1.54) is 5.56 Å². The number of nitrogens with one attached hydrogen (secondary N) is 1. The molecule has 0 unspecified atom stereocenters. The van der Waals surface area contributed by atoms with Crippen molar-refractivity contribution in [3.05, 3.63) is 71.3 Å². The summed E-state index contributed by atoms with van der Waals surface area (Å²) in [5.41, 5.74) is 2.89. The Balaban J connectivity index is 1.70. The molecule has 0 radical (unpaired) electrons. The Bertz CT molecular complexity index is 868. The third-order valence-corrected chi connectivity index (χ3v) is 7.24. The van der Waals surface area contributed by atoms with Gasteiger partial charge in [0.1, 0.15) is 6.04 Å². The quantitative estimate of drug-likeness (QED) is 0.703. The second-order valence-electron chi connectivity index (χ2n) is 8.44. The van der Waals surface area contributed by atoms with Crippen LogP contribution in [-0.4, -0.2) is 39.9 Å². The van der Waals surface area contributed by atoms with Crippen LogP contribution in [0.25, 0.3) is 0 Å². The Morgan fingerprint density at radius 3 is 2.40 bits per heavy atom. The number of thioether (sulfide) groups is 1. The van der Waals surface area contributed by atoms with Crippen molar-refractivity contribution in [2.45, 2.75) is 58.0 Å². The van der Waals surface area contributed by atoms with E-state index in [0.717, 1.165) is 18.4 Å². The highest BCUT2D eigenvalue weighted by Crippen LogP contribution is 2.35. The van der Waals surface area contributed by atoms with Crippen LogP contribution in [-0.2, 0) is 11.2 Å². The first-order valence-corrected chi connectivity index (χ1v) is 11.8. The first-order valence-electron chi connectivity index (χ1n) is 10.7. The van der Waals surface area contributed by atoms with Crippen LogP contribution in [0.3, 0.4) is 0 Å². The fourth-order valence-corrected chi connectivity index (χ4v) is 5.37. The van der Waals surface area contributed by atoms with Crippen molar-refractivity contribution >= 4 is 23.6 Å². The molecule has 30 heavy (non-hydrogen) atoms. The highest BCUT2D eigenvalue weighted by atomic mass is 32.2. The lowest BCUT2D eigenvalue weighted by atomic mass is 10.0. The van der Waals surface area contributed by atoms with Crippen molar-refractivity contribution in [2.24, 2.45) is 5.92 Å². The number of hydrogen-bond acceptors (Lipinski definition) is 3. The topological polar surface area (TPSA) is 49.4 Å². The fourth-order valence-electron chi connectivity index (χ4n) is 3.89. The lowest BCUT2D eigenvalue weighted by Gasteiger charge is -2.32. The molecule has 1 fully saturated rings. The van der Waals surface area contributed by atoms with E-state index in [9.17, 15) is 9.59 Å². The summed E-state index contributed by atoms with van der Waals surface area (Å²) in [7, 11) is 0. The molecular formula is C25H32N2O2S. The number of carbonyl (C=O) groups excluding carboxylic acids is 2. The summed E-state index contributed by atoms with van der Waals surface area (Å²) < 4.78 is 0. The Hall–Kier alpha value is -2.27. The van der Waals surface area contributed by atoms with Gasteiger partial charge in [0.2, 0.25) is 5.91 Å². The van der Waals surface area contributed by atoms with E-state index >= 15 is 0 Å². The molecule has 5 heteroatoms. The van der Waals surface area contributed by atoms with Gasteiger partial charge >= 0.3 is 0 Å². The normalized spacial score (nSPS) is 19.7. The molecule has 1 heterocycles. The monoisotopic (exact) mass is 424 g/mol. The van der Waals surface area contributed by atoms with Crippen LogP contribution in [0.2, 0.25) is 0 Å². The van der Waals surface area contributed by atoms with Gasteiger partial charge in [-0.3, -0.25) is 9.59 Å². The summed E-state index contributed by atoms with van der Waals surface area (Å²) in [5.74, 6) is 0.816. The molecule has 1 aliphatic heterocycles. The number of rotatable bonds is 7. The van der Waals surface area contributed by atoms with Gasteiger partial charge in [-0.1, -0.05) is 62.4 Å². The molecule has 4 nitrogen and oxygen atoms in total. The van der Waals surface area contributed by atoms with Gasteiger partial charge in [-0.05, 0) is 49.8 Å². The van der Waals surface area contributed by atoms with Crippen LogP contribution >= 0.6 is 11.8 Å². The lowest BCUT2D eigenvalue weighted by Crippen LogP contribution is -2.52. The van der Waals surface area contributed by atoms with Crippen LogP contribution in [0, 0.1) is 12.8 Å². The fraction of sp³-hybridized carbons (Fsp3) is 0.440. The lowest BCUT2D eigenvalue weighted by molar-refractivity contribution is -0.125. The van der Waals surface area contributed by atoms with E-state index in [2.05, 4.69) is 31.3 Å². The molecule has 0 bridgehead atoms. The molecule has 2 aromatic rings. The average Bonchev–Trinajstić information content (AvgIpc) is 3.18. The largest absolute Gasteiger partial charge is 0.352 e. The van der Waals surface area contributed by atoms with Gasteiger partial charge < -0.3 is 10.2 Å². The molecule has 1 saturated heterocycles. The van der Waals surface area contributed by atoms with Crippen molar-refractivity contribution in [2.75, 3.05) is 5.75 Å². The highest BCUT2D eigenvalue weighted by molar-refractivity contribution is 8.00. The SMILES string of the molecule is Cc1ccccc1C(=O)N1[C@H](C(=O)N[C@@H](C)CCc2ccccc2)CS[C@H]1C(C)C. The van der Waals surface area contributed by atoms with E-state index in [-0.39, 0.29) is 29.1 Å². The second kappa shape index (κ2) is 10.2. The molecule has 2 aromatic carbocycles. The molecular weight excluding hydrogens is 392 g/mol. The van der Waals surface area contributed by atoms with Gasteiger partial charge in [-0.15, -0.1) is 11.8 Å². The Morgan fingerprint density at radius 1 is 1.07 bits per heavy atom. The van der Waals surface area contributed by atoms with Gasteiger partial charge in [0.05, 0.1) is 5.37 Å². The maximum atomic E-state index is 13.4. The van der Waals surface area contributed by atoms with E-state index in [0.29, 0.717) is 11.3 Å². The number of hydrogen-bond donors (Lipinski definition) is 1. The third-order valence-electron chi connectivity index (χ3n) is 5.62. The van der Waals surface area contributed by atoms with Crippen LogP contribution < -0.4 is 5.32 Å². The maximum absolute atomic E-state index is 13.4. The Labute approximate surface area is 184 Å². The molecule has 3 rings (SSSR count). The summed E-state index contributed by atoms with van der Waals surface area (Å²) in [5, 5.41) is 3.16. The number of benzene rings is 2. The molecule has 1 aliphatic rings. The number of nitrogens with zero attached hydrogens (tertiary/aromatic N) is 1. The van der Waals surface area contributed by atoms with Crippen LogP contribution in [0.15, 0.2) is 54.6 Å². The van der Waals surface area contributed by atoms with Crippen LogP contribution in [0.5, 0.6) is 0 Å². The maximum Gasteiger partial charge on any atom is 0.255 e. The zero-order valence-electron chi connectivity index (χ0n) is 18.3. The van der Waals surface area contributed by atoms with Crippen molar-refractivity contribution in [1.82, 2.24) is 10.2 Å². The van der Waals surface area contributed by atoms with Gasteiger partial charge in [-0.2, -0.15) is 0 Å². The molecule has 160 valence electrons. The Morgan fingerprint density at radius 2 is 1.73 bits per heavy atom. The van der Waals surface area contributed by atoms with Crippen LogP contribution in [0.4, 0.5) is 0 Å². The zero-order valence-corrected chi connectivity index (χ0v) is 19.1. The summed E-state index contributed by atoms with van der Waals surface area (Å²) in [6.45, 7) is 8.20. The molecule has 0 aromatic heterocycles. The standard InChI is InChI=1S/C25H32N2O2S/c1-17(2)25-27(24(29)21-13-9-8-10-18(21)3)22(16-30-25)23(28)26-19(4)14-15-20-11-6-5-7-12-20/h5-13,17,19,22,25H,14-16H2,1-4H3,(H,26,28)/t19-,22-,25-/m0/s1. The smallest absolute Gasteiger partial charge is 0.255 e. The highest BCUT2D eigenvalue weighted by Gasteiger charge is 2.43. The molecule has 0 aliphatic carbocycles. The van der Waals surface area contributed by atoms with Crippen LogP contribution in [0.1, 0.15) is 48.7 Å². The molecule has 3 atom stereocenters. The van der Waals surface area contributed by atoms with E-state index in [4.69, 9.17) is 0 Å². The Kier molecular flexibility index (Phi) is 7.59. The number of aryl methyl sites for hydroxylation is 2. The predicted octanol–water partition coefficient (Wildman–Crippen LogP) is 4.67. The minimum atomic E-state index is -0.436. The minimum Gasteiger partial charge on any atom is -0.352 e. The van der Waals surface area contributed by atoms with Crippen molar-refractivity contribution in [3.8, 4) is 0 Å². The third kappa shape index (κ3) is 5.25. The first-order chi connectivity index (χ1) is 14.4. The molecule has 0 spiro atoms. The van der Waals surface area contributed by atoms with Gasteiger partial charge in [0.15, 0.2) is 0 Å². The predicted molar refractivity (Wildman–Crippen MR) is 125 cm³/mol. The second-order valence-corrected chi connectivity index (χ2v) is 9.59. The van der Waals surface area contributed by atoms with Crippen molar-refractivity contribution in [1.29, 1.82) is 0 Å². The van der Waals surface area contributed by atoms with Gasteiger partial charge in [-0.25, -0.2) is 0 Å². The van der Waals surface area contributed by atoms with Crippen molar-refractivity contribution in [3.63, 3.8) is 0 Å². The summed E-state index contributed by atoms with van der Waals surface area (Å²) in [6, 6.07) is 17.5. The zero-order chi connectivity index (χ0) is 21.7. The van der Waals surface area contributed by atoms with E-state index in [1.54, 1.807) is 11.8 Å². The minimum absolute atomic E-state index is 0.00693. The average molecular weight is 425 g/mol. The summed E-state index contributed by atoms with van der Waals surface area (Å²) >= 11 is 1.71. The molecule has 1 N–H and O–H groups in total. The van der Waals surface area contributed by atoms with Gasteiger partial charge in [0, 0.05) is 17.4 Å². The number of amides is 2. The summed E-state index contributed by atoms with van der Waals surface area (Å²) in [6.07, 6.45) is 1.79. The van der Waals surface area contributed by atoms with Crippen molar-refractivity contribution < 1.29 is 9.59 Å². The summed E-state index contributed by atoms with van der Waals surface area (Å²) in [4.78, 5) is 28.4.